The van der Waals surface area contributed by atoms with Crippen molar-refractivity contribution in [3.05, 3.63) is 59.7 Å². The van der Waals surface area contributed by atoms with Crippen LogP contribution in [0.15, 0.2) is 48.5 Å². The van der Waals surface area contributed by atoms with Gasteiger partial charge < -0.3 is 29.1 Å². The van der Waals surface area contributed by atoms with Gasteiger partial charge in [0.15, 0.2) is 0 Å². The molecular weight excluding hydrogens is 500 g/mol. The summed E-state index contributed by atoms with van der Waals surface area (Å²) >= 11 is 0. The predicted molar refractivity (Wildman–Crippen MR) is 165 cm³/mol. The van der Waals surface area contributed by atoms with Crippen molar-refractivity contribution in [1.29, 1.82) is 0 Å². The Balaban J connectivity index is 1.57. The fourth-order valence-corrected chi connectivity index (χ4v) is 5.89. The summed E-state index contributed by atoms with van der Waals surface area (Å²) in [7, 11) is 8.42. The molecule has 2 aromatic rings. The van der Waals surface area contributed by atoms with E-state index in [4.69, 9.17) is 9.47 Å². The Hall–Kier alpha value is -2.45. The molecule has 0 N–H and O–H groups in total. The third-order valence-corrected chi connectivity index (χ3v) is 8.23. The number of ether oxygens (including phenoxy) is 2. The average molecular weight is 551 g/mol. The molecule has 2 aliphatic rings. The van der Waals surface area contributed by atoms with Crippen LogP contribution in [0.4, 0.5) is 11.4 Å². The zero-order valence-corrected chi connectivity index (χ0v) is 25.2. The van der Waals surface area contributed by atoms with Crippen LogP contribution < -0.4 is 9.80 Å². The maximum Gasteiger partial charge on any atom is 0.147 e. The number of carbonyl (C=O) groups excluding carboxylic acids is 1. The molecule has 0 radical (unpaired) electrons. The number of hydrogen-bond donors (Lipinski definition) is 0. The van der Waals surface area contributed by atoms with Crippen LogP contribution in [-0.2, 0) is 14.3 Å². The van der Waals surface area contributed by atoms with Crippen molar-refractivity contribution in [2.45, 2.75) is 37.5 Å². The van der Waals surface area contributed by atoms with Crippen molar-refractivity contribution in [3.8, 4) is 0 Å². The van der Waals surface area contributed by atoms with Gasteiger partial charge in [0.2, 0.25) is 0 Å². The van der Waals surface area contributed by atoms with E-state index in [1.807, 2.05) is 0 Å². The Labute approximate surface area is 242 Å². The largest absolute Gasteiger partial charge is 0.378 e. The maximum absolute atomic E-state index is 14.5. The van der Waals surface area contributed by atoms with Crippen LogP contribution in [0.25, 0.3) is 0 Å². The molecule has 4 rings (SSSR count). The predicted octanol–water partition coefficient (Wildman–Crippen LogP) is 4.48. The Morgan fingerprint density at radius 3 is 1.32 bits per heavy atom. The number of ketones is 1. The van der Waals surface area contributed by atoms with Gasteiger partial charge in [0.05, 0.1) is 26.4 Å². The van der Waals surface area contributed by atoms with E-state index in [0.717, 1.165) is 103 Å². The Morgan fingerprint density at radius 2 is 1.00 bits per heavy atom. The van der Waals surface area contributed by atoms with E-state index in [1.165, 1.54) is 11.4 Å². The first-order valence-corrected chi connectivity index (χ1v) is 15.1. The molecule has 0 bridgehead atoms. The molecule has 2 heterocycles. The lowest BCUT2D eigenvalue weighted by Crippen LogP contribution is -2.36. The monoisotopic (exact) mass is 550 g/mol. The molecule has 2 aromatic carbocycles. The molecule has 2 saturated heterocycles. The van der Waals surface area contributed by atoms with E-state index >= 15 is 0 Å². The van der Waals surface area contributed by atoms with Crippen LogP contribution in [0.1, 0.15) is 48.6 Å². The van der Waals surface area contributed by atoms with Gasteiger partial charge in [-0.25, -0.2) is 0 Å². The molecule has 2 unspecified atom stereocenters. The number of hydrogen-bond acceptors (Lipinski definition) is 7. The van der Waals surface area contributed by atoms with Crippen molar-refractivity contribution < 1.29 is 14.3 Å². The first-order valence-electron chi connectivity index (χ1n) is 15.1. The van der Waals surface area contributed by atoms with E-state index in [-0.39, 0.29) is 11.8 Å². The Bertz CT molecular complexity index is 931. The average Bonchev–Trinajstić information content (AvgIpc) is 2.98. The molecule has 0 spiro atoms. The molecule has 0 amide bonds. The highest BCUT2D eigenvalue weighted by atomic mass is 16.5. The number of rotatable bonds is 14. The van der Waals surface area contributed by atoms with Crippen molar-refractivity contribution in [2.24, 2.45) is 0 Å². The highest BCUT2D eigenvalue weighted by Gasteiger charge is 2.29. The quantitative estimate of drug-likeness (QED) is 0.344. The van der Waals surface area contributed by atoms with Crippen molar-refractivity contribution >= 4 is 17.2 Å². The molecular formula is C33H50N4O3. The standard InChI is InChI=1S/C33H50N4O3/c1-34(2)17-5-7-31(27-9-13-29(14-10-27)36-19-23-39-24-20-36)33(38)32(8-6-18-35(3)4)28-11-15-30(16-12-28)37-21-25-40-26-22-37/h9-16,31-32H,5-8,17-26H2,1-4H3. The lowest BCUT2D eigenvalue weighted by molar-refractivity contribution is -0.122. The zero-order valence-electron chi connectivity index (χ0n) is 25.2. The van der Waals surface area contributed by atoms with E-state index < -0.39 is 0 Å². The summed E-state index contributed by atoms with van der Waals surface area (Å²) in [4.78, 5) is 23.7. The molecule has 7 heteroatoms. The Morgan fingerprint density at radius 1 is 0.650 bits per heavy atom. The fraction of sp³-hybridized carbons (Fsp3) is 0.606. The number of morpholine rings is 2. The lowest BCUT2D eigenvalue weighted by atomic mass is 9.79. The summed E-state index contributed by atoms with van der Waals surface area (Å²) in [5.41, 5.74) is 4.71. The van der Waals surface area contributed by atoms with Crippen molar-refractivity contribution in [3.63, 3.8) is 0 Å². The van der Waals surface area contributed by atoms with Crippen LogP contribution >= 0.6 is 0 Å². The van der Waals surface area contributed by atoms with Crippen molar-refractivity contribution in [1.82, 2.24) is 9.80 Å². The summed E-state index contributed by atoms with van der Waals surface area (Å²) in [5, 5.41) is 0. The topological polar surface area (TPSA) is 48.5 Å². The minimum absolute atomic E-state index is 0.109. The number of benzene rings is 2. The van der Waals surface area contributed by atoms with E-state index in [9.17, 15) is 4.79 Å². The Kier molecular flexibility index (Phi) is 11.8. The SMILES string of the molecule is CN(C)CCCC(C(=O)C(CCCN(C)C)c1ccc(N2CCOCC2)cc1)c1ccc(N2CCOCC2)cc1. The molecule has 40 heavy (non-hydrogen) atoms. The van der Waals surface area contributed by atoms with Crippen LogP contribution in [0.3, 0.4) is 0 Å². The van der Waals surface area contributed by atoms with Crippen molar-refractivity contribution in [2.75, 3.05) is 104 Å². The number of Topliss-reactive ketones (excluding diaryl/α,β-unsaturated/α-hetero) is 1. The summed E-state index contributed by atoms with van der Waals surface area (Å²) in [6.07, 6.45) is 3.72. The van der Waals surface area contributed by atoms with Crippen LogP contribution in [0, 0.1) is 0 Å². The second-order valence-electron chi connectivity index (χ2n) is 11.8. The summed E-state index contributed by atoms with van der Waals surface area (Å²) in [6.45, 7) is 8.71. The van der Waals surface area contributed by atoms with Crippen LogP contribution in [0.5, 0.6) is 0 Å². The lowest BCUT2D eigenvalue weighted by Gasteiger charge is -2.30. The highest BCUT2D eigenvalue weighted by molar-refractivity contribution is 5.92. The normalized spacial score (nSPS) is 17.9. The highest BCUT2D eigenvalue weighted by Crippen LogP contribution is 2.35. The second-order valence-corrected chi connectivity index (χ2v) is 11.8. The molecule has 7 nitrogen and oxygen atoms in total. The first kappa shape index (κ1) is 30.5. The third kappa shape index (κ3) is 8.77. The van der Waals surface area contributed by atoms with Gasteiger partial charge in [-0.3, -0.25) is 4.79 Å². The summed E-state index contributed by atoms with van der Waals surface area (Å²) in [6, 6.07) is 17.6. The summed E-state index contributed by atoms with van der Waals surface area (Å²) < 4.78 is 11.1. The number of anilines is 2. The molecule has 0 aromatic heterocycles. The minimum atomic E-state index is -0.109. The molecule has 0 saturated carbocycles. The van der Waals surface area contributed by atoms with Crippen LogP contribution in [0.2, 0.25) is 0 Å². The van der Waals surface area contributed by atoms with E-state index in [0.29, 0.717) is 5.78 Å². The van der Waals surface area contributed by atoms with Gasteiger partial charge in [0.25, 0.3) is 0 Å². The smallest absolute Gasteiger partial charge is 0.147 e. The van der Waals surface area contributed by atoms with Gasteiger partial charge in [-0.1, -0.05) is 24.3 Å². The second kappa shape index (κ2) is 15.5. The maximum atomic E-state index is 14.5. The van der Waals surface area contributed by atoms with Gasteiger partial charge in [-0.2, -0.15) is 0 Å². The third-order valence-electron chi connectivity index (χ3n) is 8.23. The van der Waals surface area contributed by atoms with E-state index in [1.54, 1.807) is 0 Å². The van der Waals surface area contributed by atoms with Gasteiger partial charge >= 0.3 is 0 Å². The van der Waals surface area contributed by atoms with E-state index in [2.05, 4.69) is 96.3 Å². The molecule has 2 atom stereocenters. The fourth-order valence-electron chi connectivity index (χ4n) is 5.89. The van der Waals surface area contributed by atoms with Gasteiger partial charge in [-0.15, -0.1) is 0 Å². The van der Waals surface area contributed by atoms with Gasteiger partial charge in [0.1, 0.15) is 5.78 Å². The molecule has 220 valence electrons. The molecule has 2 fully saturated rings. The zero-order chi connectivity index (χ0) is 28.3. The summed E-state index contributed by atoms with van der Waals surface area (Å²) in [5.74, 6) is 0.139. The van der Waals surface area contributed by atoms with Gasteiger partial charge in [0, 0.05) is 49.4 Å². The number of carbonyl (C=O) groups is 1. The minimum Gasteiger partial charge on any atom is -0.378 e. The molecule has 0 aliphatic carbocycles. The van der Waals surface area contributed by atoms with Crippen LogP contribution in [-0.4, -0.2) is 109 Å². The number of nitrogens with zero attached hydrogens (tertiary/aromatic N) is 4. The molecule has 2 aliphatic heterocycles. The first-order chi connectivity index (χ1) is 19.4. The van der Waals surface area contributed by atoms with Gasteiger partial charge in [-0.05, 0) is 102 Å².